The lowest BCUT2D eigenvalue weighted by atomic mass is 9.97. The van der Waals surface area contributed by atoms with Crippen molar-refractivity contribution in [3.8, 4) is 11.8 Å². The molecule has 1 atom stereocenters. The SMILES string of the molecule is CC#CCCC(N)c1ccc(C(C)C)cc1. The van der Waals surface area contributed by atoms with Crippen LogP contribution in [0.4, 0.5) is 0 Å². The molecule has 0 bridgehead atoms. The van der Waals surface area contributed by atoms with Crippen LogP contribution in [0.5, 0.6) is 0 Å². The molecule has 1 aromatic carbocycles. The second-order valence-electron chi connectivity index (χ2n) is 4.39. The highest BCUT2D eigenvalue weighted by Gasteiger charge is 2.05. The highest BCUT2D eigenvalue weighted by Crippen LogP contribution is 2.19. The first-order valence-electron chi connectivity index (χ1n) is 5.90. The number of nitrogens with two attached hydrogens (primary N) is 1. The molecule has 0 aliphatic heterocycles. The normalized spacial score (nSPS) is 12.1. The molecule has 1 nitrogen and oxygen atoms in total. The third kappa shape index (κ3) is 3.72. The van der Waals surface area contributed by atoms with Gasteiger partial charge in [-0.3, -0.25) is 0 Å². The van der Waals surface area contributed by atoms with Crippen LogP contribution in [0.3, 0.4) is 0 Å². The molecule has 0 aliphatic carbocycles. The number of hydrogen-bond acceptors (Lipinski definition) is 1. The van der Waals surface area contributed by atoms with Crippen molar-refractivity contribution < 1.29 is 0 Å². The molecule has 0 heterocycles. The molecule has 0 spiro atoms. The van der Waals surface area contributed by atoms with Crippen molar-refractivity contribution in [2.75, 3.05) is 0 Å². The summed E-state index contributed by atoms with van der Waals surface area (Å²) in [5.74, 6) is 6.52. The van der Waals surface area contributed by atoms with Gasteiger partial charge in [0.15, 0.2) is 0 Å². The predicted molar refractivity (Wildman–Crippen MR) is 70.1 cm³/mol. The minimum absolute atomic E-state index is 0.113. The maximum Gasteiger partial charge on any atom is 0.0303 e. The summed E-state index contributed by atoms with van der Waals surface area (Å²) in [5, 5.41) is 0. The summed E-state index contributed by atoms with van der Waals surface area (Å²) in [7, 11) is 0. The van der Waals surface area contributed by atoms with Gasteiger partial charge in [-0.15, -0.1) is 11.8 Å². The molecule has 2 N–H and O–H groups in total. The van der Waals surface area contributed by atoms with E-state index in [1.54, 1.807) is 0 Å². The molecule has 1 heteroatoms. The molecule has 1 aromatic rings. The molecular weight excluding hydrogens is 194 g/mol. The van der Waals surface area contributed by atoms with Gasteiger partial charge in [0.2, 0.25) is 0 Å². The van der Waals surface area contributed by atoms with Crippen LogP contribution in [0.1, 0.15) is 56.7 Å². The Balaban J connectivity index is 2.61. The van der Waals surface area contributed by atoms with Gasteiger partial charge in [-0.25, -0.2) is 0 Å². The van der Waals surface area contributed by atoms with Crippen molar-refractivity contribution in [2.45, 2.75) is 45.6 Å². The Kier molecular flexibility index (Phi) is 5.08. The average molecular weight is 215 g/mol. The lowest BCUT2D eigenvalue weighted by Crippen LogP contribution is -2.09. The Bertz CT molecular complexity index is 365. The van der Waals surface area contributed by atoms with Crippen LogP contribution in [-0.4, -0.2) is 0 Å². The maximum absolute atomic E-state index is 6.09. The first-order valence-corrected chi connectivity index (χ1v) is 5.90. The van der Waals surface area contributed by atoms with E-state index in [-0.39, 0.29) is 6.04 Å². The van der Waals surface area contributed by atoms with Gasteiger partial charge in [0.05, 0.1) is 0 Å². The van der Waals surface area contributed by atoms with E-state index >= 15 is 0 Å². The van der Waals surface area contributed by atoms with Gasteiger partial charge in [-0.2, -0.15) is 0 Å². The number of hydrogen-bond donors (Lipinski definition) is 1. The topological polar surface area (TPSA) is 26.0 Å². The molecule has 0 amide bonds. The van der Waals surface area contributed by atoms with Gasteiger partial charge < -0.3 is 5.73 Å². The zero-order valence-corrected chi connectivity index (χ0v) is 10.5. The van der Waals surface area contributed by atoms with Gasteiger partial charge >= 0.3 is 0 Å². The van der Waals surface area contributed by atoms with E-state index in [0.717, 1.165) is 12.8 Å². The average Bonchev–Trinajstić information content (AvgIpc) is 2.29. The largest absolute Gasteiger partial charge is 0.324 e. The van der Waals surface area contributed by atoms with Crippen LogP contribution in [0.25, 0.3) is 0 Å². The summed E-state index contributed by atoms with van der Waals surface area (Å²) in [6.07, 6.45) is 1.81. The molecule has 1 unspecified atom stereocenters. The van der Waals surface area contributed by atoms with Crippen LogP contribution in [-0.2, 0) is 0 Å². The highest BCUT2D eigenvalue weighted by atomic mass is 14.6. The molecular formula is C15H21N. The number of benzene rings is 1. The van der Waals surface area contributed by atoms with Crippen LogP contribution in [0.15, 0.2) is 24.3 Å². The first kappa shape index (κ1) is 12.8. The maximum atomic E-state index is 6.09. The molecule has 86 valence electrons. The van der Waals surface area contributed by atoms with Gasteiger partial charge in [0, 0.05) is 12.5 Å². The Morgan fingerprint density at radius 2 is 1.69 bits per heavy atom. The smallest absolute Gasteiger partial charge is 0.0303 e. The predicted octanol–water partition coefficient (Wildman–Crippen LogP) is 3.61. The minimum atomic E-state index is 0.113. The summed E-state index contributed by atoms with van der Waals surface area (Å²) in [6.45, 7) is 6.26. The van der Waals surface area contributed by atoms with E-state index in [1.807, 2.05) is 6.92 Å². The molecule has 0 saturated carbocycles. The van der Waals surface area contributed by atoms with E-state index in [1.165, 1.54) is 11.1 Å². The summed E-state index contributed by atoms with van der Waals surface area (Å²) in [4.78, 5) is 0. The van der Waals surface area contributed by atoms with E-state index < -0.39 is 0 Å². The first-order chi connectivity index (χ1) is 7.65. The van der Waals surface area contributed by atoms with Crippen molar-refractivity contribution in [1.82, 2.24) is 0 Å². The van der Waals surface area contributed by atoms with Gasteiger partial charge in [-0.05, 0) is 30.4 Å². The van der Waals surface area contributed by atoms with Crippen molar-refractivity contribution in [1.29, 1.82) is 0 Å². The van der Waals surface area contributed by atoms with Crippen LogP contribution in [0.2, 0.25) is 0 Å². The fourth-order valence-electron chi connectivity index (χ4n) is 1.65. The summed E-state index contributed by atoms with van der Waals surface area (Å²) >= 11 is 0. The monoisotopic (exact) mass is 215 g/mol. The lowest BCUT2D eigenvalue weighted by Gasteiger charge is -2.12. The number of rotatable bonds is 4. The second-order valence-corrected chi connectivity index (χ2v) is 4.39. The molecule has 0 radical (unpaired) electrons. The second kappa shape index (κ2) is 6.35. The minimum Gasteiger partial charge on any atom is -0.324 e. The molecule has 0 aliphatic rings. The Hall–Kier alpha value is -1.26. The molecule has 0 aromatic heterocycles. The van der Waals surface area contributed by atoms with E-state index in [9.17, 15) is 0 Å². The van der Waals surface area contributed by atoms with Crippen LogP contribution < -0.4 is 5.73 Å². The van der Waals surface area contributed by atoms with Crippen molar-refractivity contribution >= 4 is 0 Å². The third-order valence-electron chi connectivity index (χ3n) is 2.79. The summed E-state index contributed by atoms with van der Waals surface area (Å²) in [6, 6.07) is 8.73. The van der Waals surface area contributed by atoms with E-state index in [2.05, 4.69) is 50.0 Å². The fraction of sp³-hybridized carbons (Fsp3) is 0.467. The quantitative estimate of drug-likeness (QED) is 0.763. The molecule has 0 saturated heterocycles. The molecule has 1 rings (SSSR count). The Morgan fingerprint density at radius 3 is 2.19 bits per heavy atom. The van der Waals surface area contributed by atoms with E-state index in [0.29, 0.717) is 5.92 Å². The Labute approximate surface area is 99.1 Å². The van der Waals surface area contributed by atoms with Crippen LogP contribution >= 0.6 is 0 Å². The third-order valence-corrected chi connectivity index (χ3v) is 2.79. The van der Waals surface area contributed by atoms with E-state index in [4.69, 9.17) is 5.73 Å². The zero-order valence-electron chi connectivity index (χ0n) is 10.5. The fourth-order valence-corrected chi connectivity index (χ4v) is 1.65. The van der Waals surface area contributed by atoms with Crippen LogP contribution in [0, 0.1) is 11.8 Å². The van der Waals surface area contributed by atoms with Crippen molar-refractivity contribution in [2.24, 2.45) is 5.73 Å². The van der Waals surface area contributed by atoms with Gasteiger partial charge in [0.25, 0.3) is 0 Å². The zero-order chi connectivity index (χ0) is 12.0. The summed E-state index contributed by atoms with van der Waals surface area (Å²) < 4.78 is 0. The Morgan fingerprint density at radius 1 is 1.12 bits per heavy atom. The standard InChI is InChI=1S/C15H21N/c1-4-5-6-7-15(16)14-10-8-13(9-11-14)12(2)3/h8-12,15H,6-7,16H2,1-3H3. The highest BCUT2D eigenvalue weighted by molar-refractivity contribution is 5.26. The summed E-state index contributed by atoms with van der Waals surface area (Å²) in [5.41, 5.74) is 8.67. The lowest BCUT2D eigenvalue weighted by molar-refractivity contribution is 0.667. The van der Waals surface area contributed by atoms with Gasteiger partial charge in [0.1, 0.15) is 0 Å². The molecule has 16 heavy (non-hydrogen) atoms. The van der Waals surface area contributed by atoms with Crippen molar-refractivity contribution in [3.63, 3.8) is 0 Å². The van der Waals surface area contributed by atoms with Gasteiger partial charge in [-0.1, -0.05) is 38.1 Å². The van der Waals surface area contributed by atoms with Crippen molar-refractivity contribution in [3.05, 3.63) is 35.4 Å². The molecule has 0 fully saturated rings.